The van der Waals surface area contributed by atoms with Crippen LogP contribution in [-0.4, -0.2) is 28.2 Å². The summed E-state index contributed by atoms with van der Waals surface area (Å²) >= 11 is 9.15. The Morgan fingerprint density at radius 1 is 1.53 bits per heavy atom. The summed E-state index contributed by atoms with van der Waals surface area (Å²) in [5.41, 5.74) is 0.500. The second kappa shape index (κ2) is 7.13. The van der Waals surface area contributed by atoms with E-state index in [-0.39, 0.29) is 5.91 Å². The third-order valence-electron chi connectivity index (χ3n) is 2.12. The fourth-order valence-electron chi connectivity index (χ4n) is 1.16. The Morgan fingerprint density at radius 2 is 2.24 bits per heavy atom. The lowest BCUT2D eigenvalue weighted by atomic mass is 10.2. The standard InChI is InChI=1S/C11H13BrClNO2S/c1-2-17(16)6-5-14-11(15)8-3-4-9(12)10(13)7-8/h3-4,7H,2,5-6H2,1H3,(H,14,15). The molecule has 94 valence electrons. The highest BCUT2D eigenvalue weighted by atomic mass is 79.9. The zero-order valence-corrected chi connectivity index (χ0v) is 12.5. The summed E-state index contributed by atoms with van der Waals surface area (Å²) in [7, 11) is -0.856. The Hall–Kier alpha value is -0.390. The van der Waals surface area contributed by atoms with Crippen LogP contribution in [0, 0.1) is 0 Å². The van der Waals surface area contributed by atoms with E-state index in [4.69, 9.17) is 11.6 Å². The second-order valence-electron chi connectivity index (χ2n) is 3.32. The molecule has 1 N–H and O–H groups in total. The second-order valence-corrected chi connectivity index (χ2v) is 6.44. The summed E-state index contributed by atoms with van der Waals surface area (Å²) in [5, 5.41) is 3.20. The van der Waals surface area contributed by atoms with Gasteiger partial charge in [0, 0.05) is 38.9 Å². The van der Waals surface area contributed by atoms with Crippen LogP contribution in [0.25, 0.3) is 0 Å². The highest BCUT2D eigenvalue weighted by molar-refractivity contribution is 9.10. The molecule has 1 aromatic rings. The lowest BCUT2D eigenvalue weighted by molar-refractivity contribution is 0.0956. The molecule has 0 heterocycles. The molecule has 6 heteroatoms. The maximum absolute atomic E-state index is 11.7. The van der Waals surface area contributed by atoms with Gasteiger partial charge < -0.3 is 5.32 Å². The fraction of sp³-hybridized carbons (Fsp3) is 0.364. The molecule has 0 bridgehead atoms. The highest BCUT2D eigenvalue weighted by Crippen LogP contribution is 2.22. The fourth-order valence-corrected chi connectivity index (χ4v) is 2.21. The molecule has 3 nitrogen and oxygen atoms in total. The van der Waals surface area contributed by atoms with Crippen molar-refractivity contribution in [1.29, 1.82) is 0 Å². The molecule has 1 rings (SSSR count). The number of rotatable bonds is 5. The lowest BCUT2D eigenvalue weighted by Crippen LogP contribution is -2.27. The first-order valence-electron chi connectivity index (χ1n) is 5.12. The van der Waals surface area contributed by atoms with Crippen LogP contribution in [-0.2, 0) is 10.8 Å². The third kappa shape index (κ3) is 4.77. The van der Waals surface area contributed by atoms with Crippen molar-refractivity contribution < 1.29 is 9.00 Å². The molecule has 0 saturated heterocycles. The highest BCUT2D eigenvalue weighted by Gasteiger charge is 2.07. The summed E-state index contributed by atoms with van der Waals surface area (Å²) < 4.78 is 11.9. The number of hydrogen-bond donors (Lipinski definition) is 1. The number of carbonyl (C=O) groups is 1. The summed E-state index contributed by atoms with van der Waals surface area (Å²) in [6, 6.07) is 5.00. The SMILES string of the molecule is CCS(=O)CCNC(=O)c1ccc(Br)c(Cl)c1. The molecule has 0 aliphatic carbocycles. The first kappa shape index (κ1) is 14.7. The number of carbonyl (C=O) groups excluding carboxylic acids is 1. The number of benzene rings is 1. The van der Waals surface area contributed by atoms with Crippen LogP contribution in [0.5, 0.6) is 0 Å². The van der Waals surface area contributed by atoms with Gasteiger partial charge in [-0.15, -0.1) is 0 Å². The third-order valence-corrected chi connectivity index (χ3v) is 4.65. The summed E-state index contributed by atoms with van der Waals surface area (Å²) in [5.74, 6) is 0.888. The molecular weight excluding hydrogens is 326 g/mol. The topological polar surface area (TPSA) is 46.2 Å². The van der Waals surface area contributed by atoms with Crippen LogP contribution < -0.4 is 5.32 Å². The van der Waals surface area contributed by atoms with E-state index < -0.39 is 10.8 Å². The molecule has 0 aliphatic heterocycles. The lowest BCUT2D eigenvalue weighted by Gasteiger charge is -2.05. The number of hydrogen-bond acceptors (Lipinski definition) is 2. The van der Waals surface area contributed by atoms with Crippen molar-refractivity contribution in [2.45, 2.75) is 6.92 Å². The predicted octanol–water partition coefficient (Wildman–Crippen LogP) is 2.60. The van der Waals surface area contributed by atoms with Gasteiger partial charge in [0.2, 0.25) is 0 Å². The van der Waals surface area contributed by atoms with E-state index in [1.165, 1.54) is 0 Å². The minimum Gasteiger partial charge on any atom is -0.351 e. The van der Waals surface area contributed by atoms with Gasteiger partial charge in [0.05, 0.1) is 5.02 Å². The van der Waals surface area contributed by atoms with Crippen molar-refractivity contribution in [2.24, 2.45) is 0 Å². The normalized spacial score (nSPS) is 12.2. The van der Waals surface area contributed by atoms with Crippen molar-refractivity contribution in [3.8, 4) is 0 Å². The van der Waals surface area contributed by atoms with E-state index in [1.54, 1.807) is 18.2 Å². The average molecular weight is 339 g/mol. The molecular formula is C11H13BrClNO2S. The van der Waals surface area contributed by atoms with E-state index in [0.29, 0.717) is 28.6 Å². The molecule has 0 radical (unpaired) electrons. The average Bonchev–Trinajstić information content (AvgIpc) is 2.32. The molecule has 17 heavy (non-hydrogen) atoms. The molecule has 1 atom stereocenters. The molecule has 0 aromatic heterocycles. The van der Waals surface area contributed by atoms with Crippen molar-refractivity contribution >= 4 is 44.2 Å². The zero-order valence-electron chi connectivity index (χ0n) is 9.33. The van der Waals surface area contributed by atoms with Gasteiger partial charge in [0.25, 0.3) is 5.91 Å². The van der Waals surface area contributed by atoms with Gasteiger partial charge in [-0.05, 0) is 34.1 Å². The maximum Gasteiger partial charge on any atom is 0.251 e. The Kier molecular flexibility index (Phi) is 6.16. The molecule has 0 saturated carbocycles. The molecule has 1 unspecified atom stereocenters. The molecule has 0 spiro atoms. The predicted molar refractivity (Wildman–Crippen MR) is 75.0 cm³/mol. The Balaban J connectivity index is 2.52. The van der Waals surface area contributed by atoms with E-state index in [0.717, 1.165) is 4.47 Å². The Bertz CT molecular complexity index is 439. The van der Waals surface area contributed by atoms with Gasteiger partial charge in [-0.1, -0.05) is 18.5 Å². The van der Waals surface area contributed by atoms with E-state index in [2.05, 4.69) is 21.2 Å². The minimum atomic E-state index is -0.856. The molecule has 0 aliphatic rings. The van der Waals surface area contributed by atoms with Gasteiger partial charge in [0.1, 0.15) is 0 Å². The largest absolute Gasteiger partial charge is 0.351 e. The summed E-state index contributed by atoms with van der Waals surface area (Å²) in [6.45, 7) is 2.26. The van der Waals surface area contributed by atoms with Crippen LogP contribution in [0.1, 0.15) is 17.3 Å². The minimum absolute atomic E-state index is 0.201. The smallest absolute Gasteiger partial charge is 0.251 e. The van der Waals surface area contributed by atoms with Gasteiger partial charge in [-0.3, -0.25) is 9.00 Å². The van der Waals surface area contributed by atoms with Crippen LogP contribution in [0.2, 0.25) is 5.02 Å². The van der Waals surface area contributed by atoms with Crippen LogP contribution >= 0.6 is 27.5 Å². The van der Waals surface area contributed by atoms with Gasteiger partial charge in [-0.2, -0.15) is 0 Å². The first-order chi connectivity index (χ1) is 8.04. The molecule has 0 fully saturated rings. The molecule has 1 aromatic carbocycles. The number of halogens is 2. The van der Waals surface area contributed by atoms with Crippen LogP contribution in [0.4, 0.5) is 0 Å². The summed E-state index contributed by atoms with van der Waals surface area (Å²) in [6.07, 6.45) is 0. The van der Waals surface area contributed by atoms with E-state index >= 15 is 0 Å². The van der Waals surface area contributed by atoms with Crippen molar-refractivity contribution in [3.05, 3.63) is 33.3 Å². The Labute approximate surface area is 117 Å². The monoisotopic (exact) mass is 337 g/mol. The first-order valence-corrected chi connectivity index (χ1v) is 7.78. The number of nitrogens with one attached hydrogen (secondary N) is 1. The van der Waals surface area contributed by atoms with Crippen molar-refractivity contribution in [2.75, 3.05) is 18.1 Å². The summed E-state index contributed by atoms with van der Waals surface area (Å²) in [4.78, 5) is 11.7. The van der Waals surface area contributed by atoms with Crippen molar-refractivity contribution in [3.63, 3.8) is 0 Å². The van der Waals surface area contributed by atoms with E-state index in [9.17, 15) is 9.00 Å². The Morgan fingerprint density at radius 3 is 2.82 bits per heavy atom. The maximum atomic E-state index is 11.7. The molecule has 1 amide bonds. The van der Waals surface area contributed by atoms with Gasteiger partial charge >= 0.3 is 0 Å². The van der Waals surface area contributed by atoms with E-state index in [1.807, 2.05) is 6.92 Å². The van der Waals surface area contributed by atoms with Crippen molar-refractivity contribution in [1.82, 2.24) is 5.32 Å². The van der Waals surface area contributed by atoms with Crippen LogP contribution in [0.15, 0.2) is 22.7 Å². The number of amides is 1. The van der Waals surface area contributed by atoms with Crippen LogP contribution in [0.3, 0.4) is 0 Å². The van der Waals surface area contributed by atoms with Gasteiger partial charge in [-0.25, -0.2) is 0 Å². The van der Waals surface area contributed by atoms with Gasteiger partial charge in [0.15, 0.2) is 0 Å². The quantitative estimate of drug-likeness (QED) is 0.897. The zero-order chi connectivity index (χ0) is 12.8.